The second kappa shape index (κ2) is 9.19. The molecule has 0 saturated carbocycles. The average molecular weight is 457 g/mol. The van der Waals surface area contributed by atoms with Gasteiger partial charge >= 0.3 is 0 Å². The highest BCUT2D eigenvalue weighted by molar-refractivity contribution is 5.71. The van der Waals surface area contributed by atoms with Crippen molar-refractivity contribution in [2.24, 2.45) is 25.9 Å². The van der Waals surface area contributed by atoms with Crippen LogP contribution in [0, 0.1) is 5.41 Å². The van der Waals surface area contributed by atoms with E-state index in [-0.39, 0.29) is 39.8 Å². The van der Waals surface area contributed by atoms with Crippen LogP contribution >= 0.6 is 0 Å². The first kappa shape index (κ1) is 22.7. The van der Waals surface area contributed by atoms with Crippen LogP contribution in [-0.4, -0.2) is 20.4 Å². The minimum atomic E-state index is -0.283. The predicted molar refractivity (Wildman–Crippen MR) is 129 cm³/mol. The van der Waals surface area contributed by atoms with Gasteiger partial charge in [0.2, 0.25) is 0 Å². The van der Waals surface area contributed by atoms with Gasteiger partial charge in [-0.05, 0) is 60.0 Å². The quantitative estimate of drug-likeness (QED) is 0.298. The Morgan fingerprint density at radius 2 is 1.21 bits per heavy atom. The number of hydrogen-bond acceptors (Lipinski definition) is 8. The lowest BCUT2D eigenvalue weighted by molar-refractivity contribution is 0.443. The van der Waals surface area contributed by atoms with Crippen LogP contribution in [0.4, 0.5) is 17.1 Å². The summed E-state index contributed by atoms with van der Waals surface area (Å²) in [5, 5.41) is 55.2. The number of phenols is 4. The summed E-state index contributed by atoms with van der Waals surface area (Å²) in [4.78, 5) is 0. The third kappa shape index (κ3) is 5.12. The molecule has 0 amide bonds. The van der Waals surface area contributed by atoms with Crippen LogP contribution in [0.25, 0.3) is 5.57 Å². The zero-order valence-electron chi connectivity index (χ0n) is 18.7. The number of rotatable bonds is 5. The molecule has 4 N–H and O–H groups in total. The summed E-state index contributed by atoms with van der Waals surface area (Å²) in [5.74, 6) is -0.351. The largest absolute Gasteiger partial charge is 0.508 e. The molecule has 4 rings (SSSR count). The normalized spacial score (nSPS) is 15.5. The molecule has 3 aromatic rings. The van der Waals surface area contributed by atoms with Crippen molar-refractivity contribution in [2.75, 3.05) is 0 Å². The Hall–Kier alpha value is -4.46. The molecule has 0 fully saturated rings. The van der Waals surface area contributed by atoms with Crippen LogP contribution in [0.15, 0.2) is 99.0 Å². The van der Waals surface area contributed by atoms with E-state index in [4.69, 9.17) is 0 Å². The van der Waals surface area contributed by atoms with Crippen molar-refractivity contribution in [2.45, 2.75) is 20.3 Å². The standard InChI is InChI=1S/C26H24N4O4/c1-26(2)15-17(5-12-25(26)30-29-22-11-9-20(32)14-24(22)34)16-3-6-18(7-4-16)27-28-21-10-8-19(31)13-23(21)33/h3-14,31-34H,15H2,1-2H3/b28-27+,30-29+. The number of hydrogen-bond donors (Lipinski definition) is 4. The fraction of sp³-hybridized carbons (Fsp3) is 0.154. The first-order chi connectivity index (χ1) is 16.2. The highest BCUT2D eigenvalue weighted by atomic mass is 16.3. The lowest BCUT2D eigenvalue weighted by atomic mass is 9.77. The molecule has 0 spiro atoms. The van der Waals surface area contributed by atoms with E-state index in [1.54, 1.807) is 0 Å². The van der Waals surface area contributed by atoms with Gasteiger partial charge in [-0.3, -0.25) is 0 Å². The second-order valence-electron chi connectivity index (χ2n) is 8.60. The van der Waals surface area contributed by atoms with Gasteiger partial charge in [0.15, 0.2) is 0 Å². The van der Waals surface area contributed by atoms with Crippen LogP contribution in [0.5, 0.6) is 23.0 Å². The Labute approximate surface area is 196 Å². The second-order valence-corrected chi connectivity index (χ2v) is 8.60. The van der Waals surface area contributed by atoms with Gasteiger partial charge in [-0.25, -0.2) is 0 Å². The average Bonchev–Trinajstić information content (AvgIpc) is 2.78. The summed E-state index contributed by atoms with van der Waals surface area (Å²) in [6.07, 6.45) is 4.66. The lowest BCUT2D eigenvalue weighted by Gasteiger charge is -2.29. The van der Waals surface area contributed by atoms with Crippen LogP contribution in [0.2, 0.25) is 0 Å². The molecule has 1 aliphatic carbocycles. The van der Waals surface area contributed by atoms with Gasteiger partial charge in [0.1, 0.15) is 34.4 Å². The number of azo groups is 2. The minimum Gasteiger partial charge on any atom is -0.508 e. The molecule has 172 valence electrons. The summed E-state index contributed by atoms with van der Waals surface area (Å²) < 4.78 is 0. The SMILES string of the molecule is CC1(C)CC(c2ccc(/N=N/c3ccc(O)cc3O)cc2)=CC=C1/N=N/c1ccc(O)cc1O. The van der Waals surface area contributed by atoms with Gasteiger partial charge in [0.05, 0.1) is 11.4 Å². The molecule has 34 heavy (non-hydrogen) atoms. The fourth-order valence-electron chi connectivity index (χ4n) is 3.55. The molecule has 0 radical (unpaired) electrons. The number of aromatic hydroxyl groups is 4. The summed E-state index contributed by atoms with van der Waals surface area (Å²) in [6.45, 7) is 4.16. The Morgan fingerprint density at radius 3 is 1.74 bits per heavy atom. The Morgan fingerprint density at radius 1 is 0.647 bits per heavy atom. The highest BCUT2D eigenvalue weighted by Gasteiger charge is 2.28. The highest BCUT2D eigenvalue weighted by Crippen LogP contribution is 2.42. The molecule has 0 unspecified atom stereocenters. The van der Waals surface area contributed by atoms with Crippen LogP contribution < -0.4 is 0 Å². The first-order valence-electron chi connectivity index (χ1n) is 10.6. The lowest BCUT2D eigenvalue weighted by Crippen LogP contribution is -2.16. The molecular formula is C26H24N4O4. The Balaban J connectivity index is 1.51. The molecule has 0 aliphatic heterocycles. The number of phenolic OH excluding ortho intramolecular Hbond substituents is 4. The van der Waals surface area contributed by atoms with Crippen molar-refractivity contribution >= 4 is 22.6 Å². The molecule has 8 heteroatoms. The zero-order valence-corrected chi connectivity index (χ0v) is 18.7. The maximum absolute atomic E-state index is 9.91. The number of nitrogens with zero attached hydrogens (tertiary/aromatic N) is 4. The van der Waals surface area contributed by atoms with Crippen molar-refractivity contribution in [3.63, 3.8) is 0 Å². The van der Waals surface area contributed by atoms with E-state index in [9.17, 15) is 20.4 Å². The Kier molecular flexibility index (Phi) is 6.14. The summed E-state index contributed by atoms with van der Waals surface area (Å²) in [5.41, 5.74) is 3.86. The fourth-order valence-corrected chi connectivity index (χ4v) is 3.55. The third-order valence-electron chi connectivity index (χ3n) is 5.46. The van der Waals surface area contributed by atoms with E-state index < -0.39 is 0 Å². The maximum atomic E-state index is 9.91. The van der Waals surface area contributed by atoms with Gasteiger partial charge < -0.3 is 20.4 Å². The van der Waals surface area contributed by atoms with Crippen molar-refractivity contribution < 1.29 is 20.4 Å². The van der Waals surface area contributed by atoms with Crippen LogP contribution in [-0.2, 0) is 0 Å². The van der Waals surface area contributed by atoms with Crippen molar-refractivity contribution in [3.8, 4) is 23.0 Å². The van der Waals surface area contributed by atoms with Gasteiger partial charge in [-0.15, -0.1) is 10.2 Å². The summed E-state index contributed by atoms with van der Waals surface area (Å²) >= 11 is 0. The van der Waals surface area contributed by atoms with E-state index in [0.29, 0.717) is 5.69 Å². The number of allylic oxidation sites excluding steroid dienone is 4. The van der Waals surface area contributed by atoms with Gasteiger partial charge in [0.25, 0.3) is 0 Å². The van der Waals surface area contributed by atoms with Crippen LogP contribution in [0.1, 0.15) is 25.8 Å². The van der Waals surface area contributed by atoms with Gasteiger partial charge in [0, 0.05) is 17.5 Å². The minimum absolute atomic E-state index is 0.0350. The first-order valence-corrected chi connectivity index (χ1v) is 10.6. The summed E-state index contributed by atoms with van der Waals surface area (Å²) in [7, 11) is 0. The summed E-state index contributed by atoms with van der Waals surface area (Å²) in [6, 6.07) is 15.9. The maximum Gasteiger partial charge on any atom is 0.146 e. The monoisotopic (exact) mass is 456 g/mol. The van der Waals surface area contributed by atoms with Gasteiger partial charge in [-0.1, -0.05) is 32.1 Å². The Bertz CT molecular complexity index is 1340. The topological polar surface area (TPSA) is 130 Å². The molecule has 0 heterocycles. The van der Waals surface area contributed by atoms with Crippen molar-refractivity contribution in [3.05, 3.63) is 84.1 Å². The number of benzene rings is 3. The molecule has 8 nitrogen and oxygen atoms in total. The van der Waals surface area contributed by atoms with E-state index in [2.05, 4.69) is 34.3 Å². The van der Waals surface area contributed by atoms with E-state index in [1.165, 1.54) is 36.4 Å². The smallest absolute Gasteiger partial charge is 0.146 e. The van der Waals surface area contributed by atoms with Crippen molar-refractivity contribution in [1.82, 2.24) is 0 Å². The van der Waals surface area contributed by atoms with E-state index in [0.717, 1.165) is 23.3 Å². The molecule has 0 saturated heterocycles. The molecule has 0 bridgehead atoms. The van der Waals surface area contributed by atoms with E-state index in [1.807, 2.05) is 36.4 Å². The third-order valence-corrected chi connectivity index (χ3v) is 5.46. The molecule has 0 atom stereocenters. The molecule has 1 aliphatic rings. The molecule has 0 aromatic heterocycles. The van der Waals surface area contributed by atoms with E-state index >= 15 is 0 Å². The van der Waals surface area contributed by atoms with Crippen LogP contribution in [0.3, 0.4) is 0 Å². The molecular weight excluding hydrogens is 432 g/mol. The molecule has 3 aromatic carbocycles. The predicted octanol–water partition coefficient (Wildman–Crippen LogP) is 7.41. The van der Waals surface area contributed by atoms with Crippen molar-refractivity contribution in [1.29, 1.82) is 0 Å². The zero-order chi connectivity index (χ0) is 24.3. The van der Waals surface area contributed by atoms with Gasteiger partial charge in [-0.2, -0.15) is 10.2 Å².